The summed E-state index contributed by atoms with van der Waals surface area (Å²) in [5.74, 6) is -2.55. The van der Waals surface area contributed by atoms with Gasteiger partial charge in [-0.2, -0.15) is 0 Å². The number of nitrogens with two attached hydrogens (primary N) is 1. The molecule has 1 aromatic carbocycles. The Bertz CT molecular complexity index is 746. The van der Waals surface area contributed by atoms with Crippen molar-refractivity contribution in [1.29, 1.82) is 0 Å². The summed E-state index contributed by atoms with van der Waals surface area (Å²) in [6.45, 7) is -4.23. The molecule has 7 nitrogen and oxygen atoms in total. The number of benzene rings is 1. The van der Waals surface area contributed by atoms with E-state index in [9.17, 15) is 19.1 Å². The van der Waals surface area contributed by atoms with Crippen LogP contribution in [-0.4, -0.2) is 48.3 Å². The molecular weight excluding hydrogens is 305 g/mol. The van der Waals surface area contributed by atoms with E-state index in [4.69, 9.17) is 12.6 Å². The Morgan fingerprint density at radius 1 is 1.52 bits per heavy atom. The summed E-state index contributed by atoms with van der Waals surface area (Å²) in [6.07, 6.45) is -3.66. The molecular formula is C15H22FN3O4. The lowest BCUT2D eigenvalue weighted by Gasteiger charge is -2.27. The molecule has 0 aliphatic carbocycles. The van der Waals surface area contributed by atoms with Crippen LogP contribution in [0.1, 0.15) is 31.1 Å². The van der Waals surface area contributed by atoms with Gasteiger partial charge in [0, 0.05) is 21.3 Å². The monoisotopic (exact) mass is 332 g/mol. The third-order valence-electron chi connectivity index (χ3n) is 2.56. The van der Waals surface area contributed by atoms with Gasteiger partial charge in [-0.1, -0.05) is 12.1 Å². The second kappa shape index (κ2) is 8.44. The Balaban J connectivity index is 3.04. The fourth-order valence-corrected chi connectivity index (χ4v) is 1.38. The van der Waals surface area contributed by atoms with E-state index in [-0.39, 0.29) is 6.54 Å². The van der Waals surface area contributed by atoms with Crippen LogP contribution in [-0.2, 0) is 4.74 Å². The first-order chi connectivity index (χ1) is 12.5. The highest BCUT2D eigenvalue weighted by atomic mass is 19.1. The molecule has 0 aromatic heterocycles. The van der Waals surface area contributed by atoms with Crippen LogP contribution in [0.15, 0.2) is 24.3 Å². The Morgan fingerprint density at radius 3 is 2.78 bits per heavy atom. The molecule has 0 fully saturated rings. The van der Waals surface area contributed by atoms with Gasteiger partial charge in [0.05, 0.1) is 9.68 Å². The minimum absolute atomic E-state index is 0.226. The van der Waals surface area contributed by atoms with E-state index in [0.29, 0.717) is 0 Å². The molecule has 2 amide bonds. The summed E-state index contributed by atoms with van der Waals surface area (Å²) in [5.41, 5.74) is 2.99. The molecule has 128 valence electrons. The Morgan fingerprint density at radius 2 is 2.17 bits per heavy atom. The van der Waals surface area contributed by atoms with Crippen molar-refractivity contribution in [3.8, 4) is 0 Å². The number of amides is 2. The molecule has 0 spiro atoms. The Labute approximate surface area is 141 Å². The van der Waals surface area contributed by atoms with Crippen LogP contribution >= 0.6 is 0 Å². The number of β-amino-alcohol motifs (C(OH)–C–C–N with tert-alkyl or cyclic N) is 1. The highest BCUT2D eigenvalue weighted by Gasteiger charge is 2.20. The lowest BCUT2D eigenvalue weighted by Crippen LogP contribution is -2.52. The number of primary amides is 1. The zero-order valence-corrected chi connectivity index (χ0v) is 12.6. The van der Waals surface area contributed by atoms with Crippen LogP contribution in [0.4, 0.5) is 9.18 Å². The summed E-state index contributed by atoms with van der Waals surface area (Å²) in [4.78, 5) is 22.8. The fourth-order valence-electron chi connectivity index (χ4n) is 1.38. The van der Waals surface area contributed by atoms with Gasteiger partial charge in [0.1, 0.15) is 18.5 Å². The quantitative estimate of drug-likeness (QED) is 0.514. The molecule has 0 aliphatic rings. The zero-order valence-electron chi connectivity index (χ0n) is 17.6. The van der Waals surface area contributed by atoms with E-state index in [1.54, 1.807) is 0 Å². The highest BCUT2D eigenvalue weighted by Crippen LogP contribution is 2.08. The SMILES string of the molecule is [2H]C([2H])(NC(C)(C)CNC(N)=O)C([2H])(O)C([2H])([2H])OC(=O)c1ccccc1F. The fraction of sp³-hybridized carbons (Fsp3) is 0.467. The molecule has 8 heteroatoms. The normalized spacial score (nSPS) is 18.3. The number of urea groups is 1. The van der Waals surface area contributed by atoms with Gasteiger partial charge in [0.25, 0.3) is 0 Å². The number of carbonyl (C=O) groups excluding carboxylic acids is 2. The summed E-state index contributed by atoms with van der Waals surface area (Å²) in [5, 5.41) is 14.6. The van der Waals surface area contributed by atoms with E-state index in [2.05, 4.69) is 15.4 Å². The van der Waals surface area contributed by atoms with E-state index in [0.717, 1.165) is 12.1 Å². The van der Waals surface area contributed by atoms with Crippen molar-refractivity contribution < 1.29 is 30.7 Å². The predicted octanol–water partition coefficient (Wildman–Crippen LogP) is 0.380. The molecule has 23 heavy (non-hydrogen) atoms. The van der Waals surface area contributed by atoms with E-state index >= 15 is 0 Å². The number of nitrogens with one attached hydrogen (secondary N) is 2. The highest BCUT2D eigenvalue weighted by molar-refractivity contribution is 5.89. The van der Waals surface area contributed by atoms with Crippen molar-refractivity contribution in [2.24, 2.45) is 5.73 Å². The molecule has 0 saturated heterocycles. The standard InChI is InChI=1S/C15H22FN3O4/c1-15(2,9-18-14(17)22)19-7-10(20)8-23-13(21)11-5-3-4-6-12(11)16/h3-6,10,19-20H,7-9H2,1-2H3,(H3,17,18,22)/i7D2,8D2,10D. The summed E-state index contributed by atoms with van der Waals surface area (Å²) in [7, 11) is 0. The molecule has 0 aliphatic heterocycles. The average Bonchev–Trinajstić information content (AvgIpc) is 2.51. The third kappa shape index (κ3) is 7.07. The van der Waals surface area contributed by atoms with Crippen molar-refractivity contribution in [1.82, 2.24) is 10.6 Å². The van der Waals surface area contributed by atoms with Crippen LogP contribution in [0.2, 0.25) is 0 Å². The second-order valence-corrected chi connectivity index (χ2v) is 5.17. The minimum Gasteiger partial charge on any atom is -0.459 e. The first kappa shape index (κ1) is 12.3. The van der Waals surface area contributed by atoms with E-state index < -0.39 is 48.1 Å². The minimum atomic E-state index is -3.66. The molecule has 1 unspecified atom stereocenters. The van der Waals surface area contributed by atoms with Crippen LogP contribution in [0.3, 0.4) is 0 Å². The number of esters is 1. The number of hydrogen-bond acceptors (Lipinski definition) is 5. The van der Waals surface area contributed by atoms with E-state index in [1.165, 1.54) is 26.0 Å². The van der Waals surface area contributed by atoms with Gasteiger partial charge in [-0.15, -0.1) is 0 Å². The maximum atomic E-state index is 13.7. The number of carbonyl (C=O) groups is 2. The molecule has 5 N–H and O–H groups in total. The van der Waals surface area contributed by atoms with Gasteiger partial charge in [-0.25, -0.2) is 14.0 Å². The average molecular weight is 332 g/mol. The van der Waals surface area contributed by atoms with Crippen molar-refractivity contribution >= 4 is 12.0 Å². The number of hydrogen-bond donors (Lipinski definition) is 4. The summed E-state index contributed by atoms with van der Waals surface area (Å²) in [6, 6.07) is 3.60. The molecule has 1 rings (SSSR count). The number of rotatable bonds is 8. The maximum Gasteiger partial charge on any atom is 0.341 e. The van der Waals surface area contributed by atoms with E-state index in [1.807, 2.05) is 0 Å². The number of halogens is 1. The van der Waals surface area contributed by atoms with Gasteiger partial charge < -0.3 is 26.2 Å². The summed E-state index contributed by atoms with van der Waals surface area (Å²) < 4.78 is 57.1. The van der Waals surface area contributed by atoms with Gasteiger partial charge in [-0.3, -0.25) is 0 Å². The molecule has 0 radical (unpaired) electrons. The van der Waals surface area contributed by atoms with Crippen molar-refractivity contribution in [3.05, 3.63) is 35.6 Å². The molecule has 0 bridgehead atoms. The van der Waals surface area contributed by atoms with Crippen molar-refractivity contribution in [2.45, 2.75) is 25.5 Å². The van der Waals surface area contributed by atoms with Crippen LogP contribution in [0.5, 0.6) is 0 Å². The smallest absolute Gasteiger partial charge is 0.341 e. The molecule has 1 atom stereocenters. The van der Waals surface area contributed by atoms with Crippen molar-refractivity contribution in [3.63, 3.8) is 0 Å². The van der Waals surface area contributed by atoms with Gasteiger partial charge in [-0.05, 0) is 26.0 Å². The lowest BCUT2D eigenvalue weighted by atomic mass is 10.1. The van der Waals surface area contributed by atoms with Gasteiger partial charge in [0.15, 0.2) is 0 Å². The first-order valence-electron chi connectivity index (χ1n) is 9.05. The topological polar surface area (TPSA) is 114 Å². The maximum absolute atomic E-state index is 13.7. The second-order valence-electron chi connectivity index (χ2n) is 5.17. The molecule has 1 aromatic rings. The zero-order chi connectivity index (χ0) is 22.0. The first-order valence-corrected chi connectivity index (χ1v) is 6.55. The molecule has 0 heterocycles. The van der Waals surface area contributed by atoms with Crippen LogP contribution < -0.4 is 16.4 Å². The predicted molar refractivity (Wildman–Crippen MR) is 82.4 cm³/mol. The van der Waals surface area contributed by atoms with Crippen LogP contribution in [0.25, 0.3) is 0 Å². The van der Waals surface area contributed by atoms with Gasteiger partial charge in [0.2, 0.25) is 0 Å². The number of ether oxygens (including phenoxy) is 1. The number of aliphatic hydroxyl groups is 1. The summed E-state index contributed by atoms with van der Waals surface area (Å²) >= 11 is 0. The van der Waals surface area contributed by atoms with Gasteiger partial charge >= 0.3 is 12.0 Å². The largest absolute Gasteiger partial charge is 0.459 e. The Kier molecular flexibility index (Phi) is 4.50. The van der Waals surface area contributed by atoms with Crippen LogP contribution in [0, 0.1) is 5.82 Å². The lowest BCUT2D eigenvalue weighted by molar-refractivity contribution is 0.0241. The Hall–Kier alpha value is -2.19. The molecule has 0 saturated carbocycles. The third-order valence-corrected chi connectivity index (χ3v) is 2.56. The van der Waals surface area contributed by atoms with Crippen molar-refractivity contribution in [2.75, 3.05) is 19.6 Å².